The molecule has 3 aromatic rings. The fraction of sp³-hybridized carbons (Fsp3) is 0.474. The first-order valence-electron chi connectivity index (χ1n) is 16.6. The van der Waals surface area contributed by atoms with E-state index in [0.29, 0.717) is 24.3 Å². The zero-order valence-corrected chi connectivity index (χ0v) is 26.6. The minimum Gasteiger partial charge on any atom is -0.494 e. The summed E-state index contributed by atoms with van der Waals surface area (Å²) in [6.07, 6.45) is 10.6. The summed E-state index contributed by atoms with van der Waals surface area (Å²) in [5.74, 6) is 0.145. The molecule has 236 valence electrons. The summed E-state index contributed by atoms with van der Waals surface area (Å²) in [5, 5.41) is 13.2. The molecule has 0 saturated carbocycles. The second-order valence-electron chi connectivity index (χ2n) is 12.2. The number of carboxylic acid groups (broad SMARTS) is 1. The van der Waals surface area contributed by atoms with Gasteiger partial charge in [0, 0.05) is 30.8 Å². The predicted molar refractivity (Wildman–Crippen MR) is 179 cm³/mol. The van der Waals surface area contributed by atoms with Crippen LogP contribution in [0.2, 0.25) is 0 Å². The number of nitrogens with one attached hydrogen (secondary N) is 1. The molecular formula is C38H50N2O4. The number of anilines is 1. The molecule has 0 radical (unpaired) electrons. The highest BCUT2D eigenvalue weighted by Gasteiger charge is 2.40. The highest BCUT2D eigenvalue weighted by molar-refractivity contribution is 5.98. The number of carbonyl (C=O) groups excluding carboxylic acids is 1. The van der Waals surface area contributed by atoms with E-state index >= 15 is 0 Å². The third-order valence-electron chi connectivity index (χ3n) is 8.93. The van der Waals surface area contributed by atoms with Crippen LogP contribution in [0, 0.1) is 0 Å². The van der Waals surface area contributed by atoms with Crippen LogP contribution < -0.4 is 15.0 Å². The van der Waals surface area contributed by atoms with Crippen LogP contribution in [-0.4, -0.2) is 42.2 Å². The topological polar surface area (TPSA) is 78.9 Å². The fourth-order valence-corrected chi connectivity index (χ4v) is 6.16. The average Bonchev–Trinajstić information content (AvgIpc) is 3.06. The number of benzene rings is 3. The largest absolute Gasteiger partial charge is 0.494 e. The Morgan fingerprint density at radius 2 is 1.50 bits per heavy atom. The molecule has 3 aromatic carbocycles. The summed E-state index contributed by atoms with van der Waals surface area (Å²) in [6, 6.07) is 25.7. The van der Waals surface area contributed by atoms with Crippen molar-refractivity contribution in [1.82, 2.24) is 5.32 Å². The summed E-state index contributed by atoms with van der Waals surface area (Å²) < 4.78 is 5.95. The standard InChI is InChI=1S/C38H50N2O4/c1-3-5-7-8-12-28-44-35-21-17-31(18-22-35)32-23-26-40(27-24-32)34-19-15-30(16-20-34)29-38(37(42)43,25-6-4-2)39-36(41)33-13-10-9-11-14-33/h9-11,13-22,32H,3-8,12,23-29H2,1-2H3,(H,39,41)(H,42,43). The number of hydrogen-bond donors (Lipinski definition) is 2. The van der Waals surface area contributed by atoms with E-state index in [1.54, 1.807) is 24.3 Å². The normalized spacial score (nSPS) is 15.0. The van der Waals surface area contributed by atoms with Gasteiger partial charge >= 0.3 is 5.97 Å². The van der Waals surface area contributed by atoms with Crippen molar-refractivity contribution in [3.05, 3.63) is 95.6 Å². The van der Waals surface area contributed by atoms with Crippen molar-refractivity contribution in [2.45, 2.75) is 95.9 Å². The summed E-state index contributed by atoms with van der Waals surface area (Å²) in [4.78, 5) is 28.1. The number of amides is 1. The minimum absolute atomic E-state index is 0.238. The molecule has 0 bridgehead atoms. The molecule has 4 rings (SSSR count). The molecule has 1 amide bonds. The van der Waals surface area contributed by atoms with E-state index in [9.17, 15) is 14.7 Å². The number of ether oxygens (including phenoxy) is 1. The van der Waals surface area contributed by atoms with Gasteiger partial charge in [0.15, 0.2) is 0 Å². The molecule has 0 aromatic heterocycles. The Morgan fingerprint density at radius 3 is 2.14 bits per heavy atom. The molecule has 6 nitrogen and oxygen atoms in total. The quantitative estimate of drug-likeness (QED) is 0.153. The maximum absolute atomic E-state index is 13.0. The van der Waals surface area contributed by atoms with Crippen LogP contribution in [0.3, 0.4) is 0 Å². The highest BCUT2D eigenvalue weighted by Crippen LogP contribution is 2.32. The lowest BCUT2D eigenvalue weighted by molar-refractivity contribution is -0.144. The van der Waals surface area contributed by atoms with Gasteiger partial charge in [-0.2, -0.15) is 0 Å². The molecule has 1 unspecified atom stereocenters. The summed E-state index contributed by atoms with van der Waals surface area (Å²) >= 11 is 0. The van der Waals surface area contributed by atoms with Crippen molar-refractivity contribution < 1.29 is 19.4 Å². The Balaban J connectivity index is 1.32. The smallest absolute Gasteiger partial charge is 0.329 e. The molecule has 1 atom stereocenters. The van der Waals surface area contributed by atoms with Crippen LogP contribution in [-0.2, 0) is 11.2 Å². The summed E-state index contributed by atoms with van der Waals surface area (Å²) in [5.41, 5.74) is 2.53. The Kier molecular flexibility index (Phi) is 12.7. The van der Waals surface area contributed by atoms with Gasteiger partial charge < -0.3 is 20.1 Å². The Bertz CT molecular complexity index is 1280. The third-order valence-corrected chi connectivity index (χ3v) is 8.93. The van der Waals surface area contributed by atoms with Gasteiger partial charge in [-0.1, -0.05) is 94.8 Å². The van der Waals surface area contributed by atoms with Crippen molar-refractivity contribution in [3.63, 3.8) is 0 Å². The van der Waals surface area contributed by atoms with Gasteiger partial charge in [-0.15, -0.1) is 0 Å². The molecule has 2 N–H and O–H groups in total. The van der Waals surface area contributed by atoms with Crippen molar-refractivity contribution in [2.24, 2.45) is 0 Å². The second kappa shape index (κ2) is 16.9. The minimum atomic E-state index is -1.36. The Hall–Kier alpha value is -3.80. The zero-order chi connectivity index (χ0) is 31.2. The molecule has 1 aliphatic heterocycles. The van der Waals surface area contributed by atoms with E-state index in [1.165, 1.54) is 31.2 Å². The van der Waals surface area contributed by atoms with Gasteiger partial charge in [0.25, 0.3) is 5.91 Å². The Labute approximate surface area is 263 Å². The number of hydrogen-bond acceptors (Lipinski definition) is 4. The molecule has 1 heterocycles. The third kappa shape index (κ3) is 9.35. The van der Waals surface area contributed by atoms with Crippen LogP contribution in [0.25, 0.3) is 0 Å². The number of unbranched alkanes of at least 4 members (excludes halogenated alkanes) is 5. The van der Waals surface area contributed by atoms with Gasteiger partial charge in [-0.05, 0) is 79.1 Å². The zero-order valence-electron chi connectivity index (χ0n) is 26.6. The highest BCUT2D eigenvalue weighted by atomic mass is 16.5. The molecule has 0 spiro atoms. The number of aliphatic carboxylic acids is 1. The first-order chi connectivity index (χ1) is 21.4. The van der Waals surface area contributed by atoms with Gasteiger partial charge in [0.05, 0.1) is 6.61 Å². The number of rotatable bonds is 17. The van der Waals surface area contributed by atoms with Crippen LogP contribution in [0.5, 0.6) is 5.75 Å². The van der Waals surface area contributed by atoms with Crippen LogP contribution in [0.1, 0.15) is 105 Å². The first kappa shape index (κ1) is 33.1. The number of nitrogens with zero attached hydrogens (tertiary/aromatic N) is 1. The predicted octanol–water partition coefficient (Wildman–Crippen LogP) is 8.41. The molecule has 1 fully saturated rings. The lowest BCUT2D eigenvalue weighted by Crippen LogP contribution is -2.56. The van der Waals surface area contributed by atoms with E-state index in [-0.39, 0.29) is 12.3 Å². The first-order valence-corrected chi connectivity index (χ1v) is 16.6. The van der Waals surface area contributed by atoms with Crippen molar-refractivity contribution in [2.75, 3.05) is 24.6 Å². The van der Waals surface area contributed by atoms with Crippen LogP contribution in [0.4, 0.5) is 5.69 Å². The number of piperidine rings is 1. The van der Waals surface area contributed by atoms with Crippen molar-refractivity contribution >= 4 is 17.6 Å². The second-order valence-corrected chi connectivity index (χ2v) is 12.2. The molecule has 44 heavy (non-hydrogen) atoms. The van der Waals surface area contributed by atoms with E-state index < -0.39 is 11.5 Å². The SMILES string of the molecule is CCCCCCCOc1ccc(C2CCN(c3ccc(CC(CCCC)(NC(=O)c4ccccc4)C(=O)O)cc3)CC2)cc1. The van der Waals surface area contributed by atoms with E-state index in [0.717, 1.165) is 62.4 Å². The van der Waals surface area contributed by atoms with Crippen LogP contribution in [0.15, 0.2) is 78.9 Å². The van der Waals surface area contributed by atoms with E-state index in [4.69, 9.17) is 4.74 Å². The van der Waals surface area contributed by atoms with Crippen molar-refractivity contribution in [3.8, 4) is 5.75 Å². The number of carboxylic acids is 1. The molecule has 6 heteroatoms. The van der Waals surface area contributed by atoms with E-state index in [2.05, 4.69) is 53.5 Å². The van der Waals surface area contributed by atoms with E-state index in [1.807, 2.05) is 25.1 Å². The maximum Gasteiger partial charge on any atom is 0.329 e. The van der Waals surface area contributed by atoms with Crippen molar-refractivity contribution in [1.29, 1.82) is 0 Å². The molecule has 1 saturated heterocycles. The van der Waals surface area contributed by atoms with Gasteiger partial charge in [-0.3, -0.25) is 4.79 Å². The monoisotopic (exact) mass is 598 g/mol. The summed E-state index contributed by atoms with van der Waals surface area (Å²) in [6.45, 7) is 7.01. The van der Waals surface area contributed by atoms with Crippen LogP contribution >= 0.6 is 0 Å². The summed E-state index contributed by atoms with van der Waals surface area (Å²) in [7, 11) is 0. The molecule has 1 aliphatic rings. The number of carbonyl (C=O) groups is 2. The average molecular weight is 599 g/mol. The maximum atomic E-state index is 13.0. The van der Waals surface area contributed by atoms with Gasteiger partial charge in [-0.25, -0.2) is 4.79 Å². The lowest BCUT2D eigenvalue weighted by atomic mass is 9.85. The molecular weight excluding hydrogens is 548 g/mol. The molecule has 0 aliphatic carbocycles. The fourth-order valence-electron chi connectivity index (χ4n) is 6.16. The Morgan fingerprint density at radius 1 is 0.841 bits per heavy atom. The van der Waals surface area contributed by atoms with Gasteiger partial charge in [0.1, 0.15) is 11.3 Å². The lowest BCUT2D eigenvalue weighted by Gasteiger charge is -2.34. The van der Waals surface area contributed by atoms with Gasteiger partial charge in [0.2, 0.25) is 0 Å².